The Labute approximate surface area is 136 Å². The number of hydrogen-bond donors (Lipinski definition) is 1. The molecule has 2 atom stereocenters. The van der Waals surface area contributed by atoms with Crippen molar-refractivity contribution in [1.82, 2.24) is 0 Å². The maximum absolute atomic E-state index is 9.76. The van der Waals surface area contributed by atoms with E-state index in [0.717, 1.165) is 38.5 Å². The van der Waals surface area contributed by atoms with Crippen LogP contribution in [0.1, 0.15) is 66.2 Å². The first-order valence-electron chi connectivity index (χ1n) is 8.77. The smallest absolute Gasteiger partial charge is 0.118 e. The number of hydrogen-bond acceptors (Lipinski definition) is 2. The second-order valence-corrected chi connectivity index (χ2v) is 7.37. The highest BCUT2D eigenvalue weighted by Gasteiger charge is 2.54. The lowest BCUT2D eigenvalue weighted by molar-refractivity contribution is 0.163. The molecule has 1 aliphatic carbocycles. The van der Waals surface area contributed by atoms with Crippen LogP contribution in [0.3, 0.4) is 0 Å². The first kappa shape index (κ1) is 17.5. The summed E-state index contributed by atoms with van der Waals surface area (Å²) in [5.41, 5.74) is 4.09. The highest BCUT2D eigenvalue weighted by Crippen LogP contribution is 2.44. The molecule has 0 radical (unpaired) electrons. The number of rotatable bonds is 2. The van der Waals surface area contributed by atoms with Gasteiger partial charge in [0.05, 0.1) is 12.7 Å². The van der Waals surface area contributed by atoms with E-state index in [1.807, 2.05) is 0 Å². The molecule has 2 heteroatoms. The third-order valence-corrected chi connectivity index (χ3v) is 5.17. The van der Waals surface area contributed by atoms with E-state index in [1.54, 1.807) is 0 Å². The Bertz CT molecular complexity index is 470. The van der Waals surface area contributed by atoms with Crippen LogP contribution in [-0.4, -0.2) is 23.4 Å². The molecular weight excluding hydrogens is 272 g/mol. The Kier molecular flexibility index (Phi) is 6.05. The minimum atomic E-state index is -0.267. The maximum Gasteiger partial charge on any atom is 0.118 e. The second kappa shape index (κ2) is 7.61. The summed E-state index contributed by atoms with van der Waals surface area (Å²) >= 11 is 0. The minimum Gasteiger partial charge on any atom is -0.393 e. The lowest BCUT2D eigenvalue weighted by Crippen LogP contribution is -2.21. The Morgan fingerprint density at radius 3 is 2.64 bits per heavy atom. The van der Waals surface area contributed by atoms with Gasteiger partial charge in [-0.2, -0.15) is 0 Å². The van der Waals surface area contributed by atoms with Crippen LogP contribution in [0.25, 0.3) is 0 Å². The van der Waals surface area contributed by atoms with Crippen molar-refractivity contribution in [1.29, 1.82) is 0 Å². The predicted octanol–water partition coefficient (Wildman–Crippen LogP) is 4.95. The van der Waals surface area contributed by atoms with Gasteiger partial charge in [-0.15, -0.1) is 0 Å². The van der Waals surface area contributed by atoms with Gasteiger partial charge in [-0.3, -0.25) is 0 Å². The van der Waals surface area contributed by atoms with Crippen LogP contribution in [0, 0.1) is 5.92 Å². The molecule has 0 aromatic rings. The summed E-state index contributed by atoms with van der Waals surface area (Å²) in [6, 6.07) is 0. The highest BCUT2D eigenvalue weighted by molar-refractivity contribution is 5.20. The molecule has 0 aromatic heterocycles. The van der Waals surface area contributed by atoms with Crippen molar-refractivity contribution in [3.8, 4) is 0 Å². The van der Waals surface area contributed by atoms with Gasteiger partial charge in [-0.05, 0) is 58.3 Å². The molecule has 2 aliphatic rings. The standard InChI is InChI=1S/C20H32O2/c1-15(2)18-10-8-16(3)6-5-7-17(4)9-11-19-20(14-21,22-19)13-12-18/h7-8,10,15,19,21H,5-6,9,11-14H2,1-4H3/b16-8+,17-7+,18-10+/t19-,20-/m0/s1. The Morgan fingerprint density at radius 2 is 1.95 bits per heavy atom. The molecule has 0 unspecified atom stereocenters. The van der Waals surface area contributed by atoms with Crippen LogP contribution < -0.4 is 0 Å². The summed E-state index contributed by atoms with van der Waals surface area (Å²) in [6.45, 7) is 9.09. The normalized spacial score (nSPS) is 37.9. The summed E-state index contributed by atoms with van der Waals surface area (Å²) in [7, 11) is 0. The number of ether oxygens (including phenoxy) is 1. The lowest BCUT2D eigenvalue weighted by atomic mass is 9.89. The summed E-state index contributed by atoms with van der Waals surface area (Å²) in [4.78, 5) is 0. The van der Waals surface area contributed by atoms with Crippen LogP contribution in [0.15, 0.2) is 34.9 Å². The van der Waals surface area contributed by atoms with Gasteiger partial charge in [0.25, 0.3) is 0 Å². The summed E-state index contributed by atoms with van der Waals surface area (Å²) < 4.78 is 5.91. The van der Waals surface area contributed by atoms with Crippen LogP contribution in [0.4, 0.5) is 0 Å². The first-order valence-corrected chi connectivity index (χ1v) is 8.77. The largest absolute Gasteiger partial charge is 0.393 e. The van der Waals surface area contributed by atoms with Crippen molar-refractivity contribution in [2.24, 2.45) is 5.92 Å². The topological polar surface area (TPSA) is 32.8 Å². The van der Waals surface area contributed by atoms with E-state index >= 15 is 0 Å². The monoisotopic (exact) mass is 304 g/mol. The molecule has 2 nitrogen and oxygen atoms in total. The van der Waals surface area contributed by atoms with E-state index in [2.05, 4.69) is 45.9 Å². The van der Waals surface area contributed by atoms with Gasteiger partial charge >= 0.3 is 0 Å². The predicted molar refractivity (Wildman–Crippen MR) is 92.8 cm³/mol. The molecule has 0 bridgehead atoms. The third-order valence-electron chi connectivity index (χ3n) is 5.17. The number of epoxide rings is 1. The highest BCUT2D eigenvalue weighted by atomic mass is 16.6. The molecule has 124 valence electrons. The van der Waals surface area contributed by atoms with E-state index in [-0.39, 0.29) is 18.3 Å². The molecule has 0 spiro atoms. The fourth-order valence-corrected chi connectivity index (χ4v) is 3.27. The zero-order valence-corrected chi connectivity index (χ0v) is 14.7. The van der Waals surface area contributed by atoms with Crippen molar-refractivity contribution in [2.75, 3.05) is 6.61 Å². The van der Waals surface area contributed by atoms with Gasteiger partial charge in [0.1, 0.15) is 5.60 Å². The zero-order chi connectivity index (χ0) is 16.2. The summed E-state index contributed by atoms with van der Waals surface area (Å²) in [5, 5.41) is 9.76. The average molecular weight is 304 g/mol. The molecule has 1 N–H and O–H groups in total. The number of allylic oxidation sites excluding steroid dienone is 6. The van der Waals surface area contributed by atoms with E-state index in [1.165, 1.54) is 16.7 Å². The van der Waals surface area contributed by atoms with Gasteiger partial charge in [0.15, 0.2) is 0 Å². The third kappa shape index (κ3) is 4.57. The van der Waals surface area contributed by atoms with E-state index in [4.69, 9.17) is 4.74 Å². The second-order valence-electron chi connectivity index (χ2n) is 7.37. The molecule has 1 fully saturated rings. The van der Waals surface area contributed by atoms with Crippen molar-refractivity contribution in [3.05, 3.63) is 34.9 Å². The summed E-state index contributed by atoms with van der Waals surface area (Å²) in [6.07, 6.45) is 13.5. The molecule has 1 heterocycles. The minimum absolute atomic E-state index is 0.153. The van der Waals surface area contributed by atoms with E-state index < -0.39 is 0 Å². The Hall–Kier alpha value is -0.860. The van der Waals surface area contributed by atoms with Crippen molar-refractivity contribution < 1.29 is 9.84 Å². The fraction of sp³-hybridized carbons (Fsp3) is 0.700. The molecule has 1 aliphatic heterocycles. The first-order chi connectivity index (χ1) is 10.5. The molecule has 0 saturated carbocycles. The number of aliphatic hydroxyl groups excluding tert-OH is 1. The van der Waals surface area contributed by atoms with Gasteiger partial charge in [0.2, 0.25) is 0 Å². The van der Waals surface area contributed by atoms with Gasteiger partial charge in [0, 0.05) is 0 Å². The molecule has 22 heavy (non-hydrogen) atoms. The van der Waals surface area contributed by atoms with Crippen LogP contribution in [0.5, 0.6) is 0 Å². The van der Waals surface area contributed by atoms with Crippen LogP contribution in [-0.2, 0) is 4.74 Å². The summed E-state index contributed by atoms with van der Waals surface area (Å²) in [5.74, 6) is 0.548. The molecular formula is C20H32O2. The number of fused-ring (bicyclic) bond motifs is 1. The van der Waals surface area contributed by atoms with E-state index in [9.17, 15) is 5.11 Å². The number of aliphatic hydroxyl groups is 1. The molecule has 0 aromatic carbocycles. The molecule has 2 rings (SSSR count). The lowest BCUT2D eigenvalue weighted by Gasteiger charge is -2.15. The van der Waals surface area contributed by atoms with Crippen molar-refractivity contribution >= 4 is 0 Å². The van der Waals surface area contributed by atoms with Crippen LogP contribution >= 0.6 is 0 Å². The van der Waals surface area contributed by atoms with Crippen molar-refractivity contribution in [2.45, 2.75) is 77.9 Å². The SMILES string of the molecule is C/C1=C\C=C(\C(C)C)CC[C@@]2(CO)O[C@H]2CC/C(C)=C/CC1. The Morgan fingerprint density at radius 1 is 1.18 bits per heavy atom. The van der Waals surface area contributed by atoms with Crippen molar-refractivity contribution in [3.63, 3.8) is 0 Å². The Balaban J connectivity index is 2.16. The average Bonchev–Trinajstić information content (AvgIpc) is 3.18. The fourth-order valence-electron chi connectivity index (χ4n) is 3.27. The molecule has 1 saturated heterocycles. The quantitative estimate of drug-likeness (QED) is 0.578. The van der Waals surface area contributed by atoms with Gasteiger partial charge in [-0.25, -0.2) is 0 Å². The van der Waals surface area contributed by atoms with Crippen LogP contribution in [0.2, 0.25) is 0 Å². The van der Waals surface area contributed by atoms with Gasteiger partial charge < -0.3 is 9.84 Å². The van der Waals surface area contributed by atoms with E-state index in [0.29, 0.717) is 5.92 Å². The molecule has 0 amide bonds. The maximum atomic E-state index is 9.76. The zero-order valence-electron chi connectivity index (χ0n) is 14.7. The van der Waals surface area contributed by atoms with Gasteiger partial charge in [-0.1, -0.05) is 48.8 Å².